The fourth-order valence-electron chi connectivity index (χ4n) is 3.68. The lowest BCUT2D eigenvalue weighted by atomic mass is 9.94. The van der Waals surface area contributed by atoms with Gasteiger partial charge in [-0.25, -0.2) is 9.97 Å². The highest BCUT2D eigenvalue weighted by Crippen LogP contribution is 2.42. The zero-order chi connectivity index (χ0) is 20.0. The summed E-state index contributed by atoms with van der Waals surface area (Å²) in [4.78, 5) is 26.3. The highest BCUT2D eigenvalue weighted by molar-refractivity contribution is 6.45. The van der Waals surface area contributed by atoms with E-state index in [0.717, 1.165) is 16.6 Å². The number of amides is 1. The van der Waals surface area contributed by atoms with Gasteiger partial charge in [0.05, 0.1) is 41.1 Å². The molecule has 2 aromatic heterocycles. The van der Waals surface area contributed by atoms with Crippen LogP contribution in [0.15, 0.2) is 18.5 Å². The van der Waals surface area contributed by atoms with Gasteiger partial charge in [0.2, 0.25) is 5.82 Å². The zero-order valence-corrected chi connectivity index (χ0v) is 16.7. The fraction of sp³-hybridized carbons (Fsp3) is 0.250. The Bertz CT molecular complexity index is 1130. The van der Waals surface area contributed by atoms with Crippen LogP contribution in [0.1, 0.15) is 40.4 Å². The molecule has 0 unspecified atom stereocenters. The standard InChI is InChI=1S/C20H16Cl2N4O2/c1-4-11-7-13(21)17(22)18-16(11)15-10(2)26(6-5-14(15)25-18)20(27)19-23-8-12(28-3)9-24-19/h1,7-10,25H,5-6H2,2-3H3/t10-/m0/s1. The van der Waals surface area contributed by atoms with Crippen LogP contribution >= 0.6 is 23.2 Å². The Morgan fingerprint density at radius 2 is 2.11 bits per heavy atom. The summed E-state index contributed by atoms with van der Waals surface area (Å²) in [7, 11) is 1.52. The third-order valence-electron chi connectivity index (χ3n) is 5.05. The van der Waals surface area contributed by atoms with Crippen molar-refractivity contribution in [1.82, 2.24) is 19.9 Å². The summed E-state index contributed by atoms with van der Waals surface area (Å²) in [5.41, 5.74) is 3.30. The molecule has 1 amide bonds. The number of aromatic amines is 1. The molecule has 0 radical (unpaired) electrons. The van der Waals surface area contributed by atoms with Crippen LogP contribution in [0.5, 0.6) is 5.75 Å². The monoisotopic (exact) mass is 414 g/mol. The molecule has 4 rings (SSSR count). The Balaban J connectivity index is 1.79. The first-order chi connectivity index (χ1) is 13.5. The van der Waals surface area contributed by atoms with Crippen molar-refractivity contribution in [2.45, 2.75) is 19.4 Å². The number of rotatable bonds is 2. The van der Waals surface area contributed by atoms with Gasteiger partial charge in [-0.2, -0.15) is 0 Å². The number of benzene rings is 1. The largest absolute Gasteiger partial charge is 0.494 e. The molecule has 0 spiro atoms. The molecule has 0 fully saturated rings. The SMILES string of the molecule is C#Cc1cc(Cl)c(Cl)c2[nH]c3c(c12)[C@H](C)N(C(=O)c1ncc(OC)cn1)CC3. The summed E-state index contributed by atoms with van der Waals surface area (Å²) in [5.74, 6) is 3.04. The Morgan fingerprint density at radius 3 is 2.75 bits per heavy atom. The van der Waals surface area contributed by atoms with Crippen molar-refractivity contribution < 1.29 is 9.53 Å². The van der Waals surface area contributed by atoms with Crippen LogP contribution in [0.2, 0.25) is 10.0 Å². The van der Waals surface area contributed by atoms with Crippen molar-refractivity contribution in [3.05, 3.63) is 51.2 Å². The van der Waals surface area contributed by atoms with E-state index in [0.29, 0.717) is 39.8 Å². The lowest BCUT2D eigenvalue weighted by Gasteiger charge is -2.33. The Labute approximate surface area is 171 Å². The van der Waals surface area contributed by atoms with Gasteiger partial charge in [0.25, 0.3) is 5.91 Å². The lowest BCUT2D eigenvalue weighted by Crippen LogP contribution is -2.39. The van der Waals surface area contributed by atoms with E-state index in [9.17, 15) is 4.79 Å². The number of hydrogen-bond donors (Lipinski definition) is 1. The average molecular weight is 415 g/mol. The summed E-state index contributed by atoms with van der Waals surface area (Å²) in [6.07, 6.45) is 9.29. The minimum atomic E-state index is -0.252. The van der Waals surface area contributed by atoms with Crippen molar-refractivity contribution in [3.8, 4) is 18.1 Å². The first-order valence-corrected chi connectivity index (χ1v) is 9.37. The van der Waals surface area contributed by atoms with Crippen LogP contribution in [-0.4, -0.2) is 39.4 Å². The third-order valence-corrected chi connectivity index (χ3v) is 5.84. The highest BCUT2D eigenvalue weighted by Gasteiger charge is 2.33. The molecule has 1 aliphatic heterocycles. The number of terminal acetylenes is 1. The van der Waals surface area contributed by atoms with Gasteiger partial charge in [-0.1, -0.05) is 29.1 Å². The van der Waals surface area contributed by atoms with Crippen molar-refractivity contribution >= 4 is 40.0 Å². The van der Waals surface area contributed by atoms with Crippen molar-refractivity contribution in [2.75, 3.05) is 13.7 Å². The summed E-state index contributed by atoms with van der Waals surface area (Å²) >= 11 is 12.6. The van der Waals surface area contributed by atoms with Gasteiger partial charge in [-0.3, -0.25) is 4.79 Å². The molecule has 1 aromatic carbocycles. The number of methoxy groups -OCH3 is 1. The maximum Gasteiger partial charge on any atom is 0.292 e. The van der Waals surface area contributed by atoms with Gasteiger partial charge in [0.1, 0.15) is 0 Å². The number of carbonyl (C=O) groups is 1. The minimum absolute atomic E-state index is 0.120. The van der Waals surface area contributed by atoms with Crippen LogP contribution in [0.25, 0.3) is 10.9 Å². The quantitative estimate of drug-likeness (QED) is 0.642. The Hall–Kier alpha value is -2.75. The van der Waals surface area contributed by atoms with Crippen LogP contribution in [-0.2, 0) is 6.42 Å². The van der Waals surface area contributed by atoms with E-state index in [2.05, 4.69) is 20.9 Å². The van der Waals surface area contributed by atoms with Crippen LogP contribution < -0.4 is 4.74 Å². The van der Waals surface area contributed by atoms with Gasteiger partial charge in [0.15, 0.2) is 5.75 Å². The van der Waals surface area contributed by atoms with E-state index in [1.165, 1.54) is 19.5 Å². The number of halogens is 2. The molecule has 1 atom stereocenters. The summed E-state index contributed by atoms with van der Waals surface area (Å²) in [5, 5.41) is 1.65. The molecule has 3 aromatic rings. The maximum absolute atomic E-state index is 13.0. The second-order valence-electron chi connectivity index (χ2n) is 6.50. The predicted molar refractivity (Wildman–Crippen MR) is 108 cm³/mol. The lowest BCUT2D eigenvalue weighted by molar-refractivity contribution is 0.0665. The summed E-state index contributed by atoms with van der Waals surface area (Å²) < 4.78 is 5.05. The van der Waals surface area contributed by atoms with E-state index >= 15 is 0 Å². The first-order valence-electron chi connectivity index (χ1n) is 8.62. The molecule has 0 saturated carbocycles. The molecule has 142 valence electrons. The molecule has 28 heavy (non-hydrogen) atoms. The number of carbonyl (C=O) groups excluding carboxylic acids is 1. The molecule has 6 nitrogen and oxygen atoms in total. The van der Waals surface area contributed by atoms with Crippen LogP contribution in [0, 0.1) is 12.3 Å². The topological polar surface area (TPSA) is 71.1 Å². The number of ether oxygens (including phenoxy) is 1. The molecule has 1 aliphatic rings. The van der Waals surface area contributed by atoms with Crippen molar-refractivity contribution in [3.63, 3.8) is 0 Å². The number of fused-ring (bicyclic) bond motifs is 3. The second kappa shape index (κ2) is 7.01. The number of H-pyrrole nitrogens is 1. The number of nitrogens with one attached hydrogen (secondary N) is 1. The molecule has 0 bridgehead atoms. The van der Waals surface area contributed by atoms with E-state index < -0.39 is 0 Å². The molecule has 0 saturated heterocycles. The zero-order valence-electron chi connectivity index (χ0n) is 15.2. The highest BCUT2D eigenvalue weighted by atomic mass is 35.5. The first kappa shape index (κ1) is 18.6. The fourth-order valence-corrected chi connectivity index (χ4v) is 4.08. The van der Waals surface area contributed by atoms with Gasteiger partial charge < -0.3 is 14.6 Å². The Morgan fingerprint density at radius 1 is 1.39 bits per heavy atom. The van der Waals surface area contributed by atoms with Crippen LogP contribution in [0.3, 0.4) is 0 Å². The number of nitrogens with zero attached hydrogens (tertiary/aromatic N) is 3. The molecular formula is C20H16Cl2N4O2. The maximum atomic E-state index is 13.0. The predicted octanol–water partition coefficient (Wildman–Crippen LogP) is 4.01. The van der Waals surface area contributed by atoms with Crippen molar-refractivity contribution in [1.29, 1.82) is 0 Å². The van der Waals surface area contributed by atoms with Gasteiger partial charge >= 0.3 is 0 Å². The second-order valence-corrected chi connectivity index (χ2v) is 7.29. The number of hydrogen-bond acceptors (Lipinski definition) is 4. The van der Waals surface area contributed by atoms with E-state index in [1.54, 1.807) is 11.0 Å². The summed E-state index contributed by atoms with van der Waals surface area (Å²) in [6, 6.07) is 1.44. The van der Waals surface area contributed by atoms with Gasteiger partial charge in [0, 0.05) is 35.2 Å². The van der Waals surface area contributed by atoms with Crippen LogP contribution in [0.4, 0.5) is 0 Å². The van der Waals surface area contributed by atoms with Gasteiger partial charge in [-0.05, 0) is 13.0 Å². The van der Waals surface area contributed by atoms with Crippen molar-refractivity contribution in [2.24, 2.45) is 0 Å². The van der Waals surface area contributed by atoms with E-state index in [1.807, 2.05) is 6.92 Å². The third kappa shape index (κ3) is 2.79. The number of aromatic nitrogens is 3. The molecular weight excluding hydrogens is 399 g/mol. The molecule has 8 heteroatoms. The van der Waals surface area contributed by atoms with E-state index in [4.69, 9.17) is 34.4 Å². The Kier molecular flexibility index (Phi) is 4.66. The molecule has 3 heterocycles. The van der Waals surface area contributed by atoms with Gasteiger partial charge in [-0.15, -0.1) is 6.42 Å². The molecule has 0 aliphatic carbocycles. The summed E-state index contributed by atoms with van der Waals surface area (Å²) in [6.45, 7) is 2.47. The minimum Gasteiger partial charge on any atom is -0.494 e. The smallest absolute Gasteiger partial charge is 0.292 e. The average Bonchev–Trinajstić information content (AvgIpc) is 3.11. The normalized spacial score (nSPS) is 16.0. The van der Waals surface area contributed by atoms with E-state index in [-0.39, 0.29) is 17.8 Å². The molecule has 1 N–H and O–H groups in total.